The van der Waals surface area contributed by atoms with Gasteiger partial charge in [0.05, 0.1) is 11.9 Å². The van der Waals surface area contributed by atoms with Crippen molar-refractivity contribution in [2.24, 2.45) is 0 Å². The maximum atomic E-state index is 13.1. The van der Waals surface area contributed by atoms with Crippen molar-refractivity contribution < 1.29 is 13.4 Å². The van der Waals surface area contributed by atoms with Crippen LogP contribution in [-0.2, 0) is 10.8 Å². The summed E-state index contributed by atoms with van der Waals surface area (Å²) in [5, 5.41) is 7.85. The van der Waals surface area contributed by atoms with Gasteiger partial charge in [-0.05, 0) is 30.7 Å². The zero-order valence-electron chi connectivity index (χ0n) is 12.0. The third-order valence-electron chi connectivity index (χ3n) is 3.58. The van der Waals surface area contributed by atoms with Gasteiger partial charge in [0, 0.05) is 35.4 Å². The lowest BCUT2D eigenvalue weighted by Crippen LogP contribution is -2.41. The van der Waals surface area contributed by atoms with Crippen LogP contribution in [0.25, 0.3) is 5.69 Å². The van der Waals surface area contributed by atoms with Crippen LogP contribution in [0, 0.1) is 12.7 Å². The van der Waals surface area contributed by atoms with Gasteiger partial charge in [0.2, 0.25) is 0 Å². The Morgan fingerprint density at radius 1 is 1.32 bits per heavy atom. The minimum atomic E-state index is -0.834. The second-order valence-electron chi connectivity index (χ2n) is 5.12. The van der Waals surface area contributed by atoms with Crippen LogP contribution in [0.15, 0.2) is 24.4 Å². The van der Waals surface area contributed by atoms with E-state index in [1.807, 2.05) is 0 Å². The predicted octanol–water partition coefficient (Wildman–Crippen LogP) is 0.919. The lowest BCUT2D eigenvalue weighted by Gasteiger charge is -2.25. The van der Waals surface area contributed by atoms with E-state index in [0.717, 1.165) is 0 Å². The Hall–Kier alpha value is -2.09. The SMILES string of the molecule is Cc1cc(F)ccc1-n1cc(C(=O)N2CCS(=O)CC2)nn1. The molecule has 8 heteroatoms. The number of halogens is 1. The monoisotopic (exact) mass is 322 g/mol. The van der Waals surface area contributed by atoms with E-state index in [-0.39, 0.29) is 17.4 Å². The van der Waals surface area contributed by atoms with Gasteiger partial charge in [-0.1, -0.05) is 5.21 Å². The topological polar surface area (TPSA) is 68.1 Å². The molecule has 0 aliphatic carbocycles. The number of hydrogen-bond donors (Lipinski definition) is 0. The quantitative estimate of drug-likeness (QED) is 0.824. The van der Waals surface area contributed by atoms with E-state index in [1.54, 1.807) is 17.9 Å². The number of amides is 1. The lowest BCUT2D eigenvalue weighted by molar-refractivity contribution is 0.0765. The summed E-state index contributed by atoms with van der Waals surface area (Å²) in [7, 11) is -0.834. The molecule has 0 spiro atoms. The summed E-state index contributed by atoms with van der Waals surface area (Å²) in [5.74, 6) is 0.454. The second-order valence-corrected chi connectivity index (χ2v) is 6.82. The van der Waals surface area contributed by atoms with Crippen molar-refractivity contribution in [1.82, 2.24) is 19.9 Å². The van der Waals surface area contributed by atoms with Crippen LogP contribution < -0.4 is 0 Å². The molecule has 0 atom stereocenters. The molecular formula is C14H15FN4O2S. The van der Waals surface area contributed by atoms with Crippen molar-refractivity contribution in [1.29, 1.82) is 0 Å². The lowest BCUT2D eigenvalue weighted by atomic mass is 10.2. The summed E-state index contributed by atoms with van der Waals surface area (Å²) in [6.45, 7) is 2.70. The molecule has 0 bridgehead atoms. The average Bonchev–Trinajstić information content (AvgIpc) is 2.97. The number of aryl methyl sites for hydroxylation is 1. The number of carbonyl (C=O) groups is 1. The largest absolute Gasteiger partial charge is 0.335 e. The summed E-state index contributed by atoms with van der Waals surface area (Å²) in [6.07, 6.45) is 1.54. The van der Waals surface area contributed by atoms with Crippen LogP contribution in [-0.4, -0.2) is 54.6 Å². The Kier molecular flexibility index (Phi) is 4.02. The zero-order chi connectivity index (χ0) is 15.7. The maximum Gasteiger partial charge on any atom is 0.276 e. The highest BCUT2D eigenvalue weighted by molar-refractivity contribution is 7.85. The smallest absolute Gasteiger partial charge is 0.276 e. The number of hydrogen-bond acceptors (Lipinski definition) is 4. The fraction of sp³-hybridized carbons (Fsp3) is 0.357. The first-order valence-corrected chi connectivity index (χ1v) is 8.36. The van der Waals surface area contributed by atoms with Gasteiger partial charge in [-0.3, -0.25) is 9.00 Å². The third kappa shape index (κ3) is 2.92. The Labute approximate surface area is 129 Å². The van der Waals surface area contributed by atoms with E-state index in [4.69, 9.17) is 0 Å². The summed E-state index contributed by atoms with van der Waals surface area (Å²) in [6, 6.07) is 4.33. The summed E-state index contributed by atoms with van der Waals surface area (Å²) in [4.78, 5) is 14.0. The molecule has 1 aliphatic heterocycles. The van der Waals surface area contributed by atoms with E-state index in [0.29, 0.717) is 35.8 Å². The maximum absolute atomic E-state index is 13.1. The number of rotatable bonds is 2. The molecule has 1 amide bonds. The van der Waals surface area contributed by atoms with Gasteiger partial charge < -0.3 is 4.90 Å². The zero-order valence-corrected chi connectivity index (χ0v) is 12.8. The molecule has 22 heavy (non-hydrogen) atoms. The fourth-order valence-corrected chi connectivity index (χ4v) is 3.41. The van der Waals surface area contributed by atoms with Gasteiger partial charge in [0.25, 0.3) is 5.91 Å². The van der Waals surface area contributed by atoms with Crippen LogP contribution in [0.5, 0.6) is 0 Å². The highest BCUT2D eigenvalue weighted by Gasteiger charge is 2.23. The van der Waals surface area contributed by atoms with E-state index in [1.165, 1.54) is 23.0 Å². The fourth-order valence-electron chi connectivity index (χ4n) is 2.36. The molecule has 0 saturated carbocycles. The third-order valence-corrected chi connectivity index (χ3v) is 4.86. The van der Waals surface area contributed by atoms with Gasteiger partial charge in [0.15, 0.2) is 5.69 Å². The van der Waals surface area contributed by atoms with Gasteiger partial charge in [0.1, 0.15) is 5.82 Å². The first kappa shape index (κ1) is 14.8. The highest BCUT2D eigenvalue weighted by atomic mass is 32.2. The molecule has 6 nitrogen and oxygen atoms in total. The number of benzene rings is 1. The molecule has 1 saturated heterocycles. The summed E-state index contributed by atoms with van der Waals surface area (Å²) in [5.41, 5.74) is 1.61. The molecule has 1 aliphatic rings. The van der Waals surface area contributed by atoms with Crippen molar-refractivity contribution in [2.75, 3.05) is 24.6 Å². The van der Waals surface area contributed by atoms with Crippen molar-refractivity contribution in [3.05, 3.63) is 41.5 Å². The van der Waals surface area contributed by atoms with Crippen molar-refractivity contribution >= 4 is 16.7 Å². The summed E-state index contributed by atoms with van der Waals surface area (Å²) < 4.78 is 25.9. The number of carbonyl (C=O) groups excluding carboxylic acids is 1. The van der Waals surface area contributed by atoms with Crippen LogP contribution in [0.4, 0.5) is 4.39 Å². The first-order chi connectivity index (χ1) is 10.5. The van der Waals surface area contributed by atoms with E-state index < -0.39 is 10.8 Å². The van der Waals surface area contributed by atoms with Crippen molar-refractivity contribution in [3.63, 3.8) is 0 Å². The normalized spacial score (nSPS) is 16.0. The molecule has 2 aromatic rings. The highest BCUT2D eigenvalue weighted by Crippen LogP contribution is 2.15. The van der Waals surface area contributed by atoms with Crippen LogP contribution in [0.1, 0.15) is 16.1 Å². The predicted molar refractivity (Wildman–Crippen MR) is 79.8 cm³/mol. The van der Waals surface area contributed by atoms with E-state index in [9.17, 15) is 13.4 Å². The van der Waals surface area contributed by atoms with E-state index in [2.05, 4.69) is 10.3 Å². The number of nitrogens with zero attached hydrogens (tertiary/aromatic N) is 4. The molecule has 1 aromatic heterocycles. The molecule has 1 fully saturated rings. The van der Waals surface area contributed by atoms with E-state index >= 15 is 0 Å². The Morgan fingerprint density at radius 2 is 2.05 bits per heavy atom. The van der Waals surface area contributed by atoms with Crippen LogP contribution in [0.3, 0.4) is 0 Å². The summed E-state index contributed by atoms with van der Waals surface area (Å²) >= 11 is 0. The second kappa shape index (κ2) is 5.96. The van der Waals surface area contributed by atoms with Gasteiger partial charge >= 0.3 is 0 Å². The molecule has 2 heterocycles. The Morgan fingerprint density at radius 3 is 2.73 bits per heavy atom. The molecule has 116 valence electrons. The molecule has 0 radical (unpaired) electrons. The van der Waals surface area contributed by atoms with Crippen molar-refractivity contribution in [3.8, 4) is 5.69 Å². The molecule has 1 aromatic carbocycles. The Balaban J connectivity index is 1.81. The average molecular weight is 322 g/mol. The molecular weight excluding hydrogens is 307 g/mol. The van der Waals surface area contributed by atoms with Gasteiger partial charge in [-0.2, -0.15) is 0 Å². The molecule has 0 N–H and O–H groups in total. The van der Waals surface area contributed by atoms with Crippen molar-refractivity contribution in [2.45, 2.75) is 6.92 Å². The first-order valence-electron chi connectivity index (χ1n) is 6.88. The van der Waals surface area contributed by atoms with Gasteiger partial charge in [-0.25, -0.2) is 9.07 Å². The Bertz CT molecular complexity index is 736. The minimum absolute atomic E-state index is 0.220. The van der Waals surface area contributed by atoms with Gasteiger partial charge in [-0.15, -0.1) is 5.10 Å². The standard InChI is InChI=1S/C14H15FN4O2S/c1-10-8-11(15)2-3-13(10)19-9-12(16-17-19)14(20)18-4-6-22(21)7-5-18/h2-3,8-9H,4-7H2,1H3. The van der Waals surface area contributed by atoms with Crippen LogP contribution >= 0.6 is 0 Å². The molecule has 3 rings (SSSR count). The molecule has 0 unspecified atom stereocenters. The number of aromatic nitrogens is 3. The minimum Gasteiger partial charge on any atom is -0.335 e. The van der Waals surface area contributed by atoms with Crippen LogP contribution in [0.2, 0.25) is 0 Å².